The molecule has 0 saturated carbocycles. The lowest BCUT2D eigenvalue weighted by Gasteiger charge is -2.20. The van der Waals surface area contributed by atoms with Crippen molar-refractivity contribution in [1.29, 1.82) is 0 Å². The molecule has 0 fully saturated rings. The molecule has 3 rings (SSSR count). The Balaban J connectivity index is 1.97. The van der Waals surface area contributed by atoms with Gasteiger partial charge in [-0.2, -0.15) is 0 Å². The van der Waals surface area contributed by atoms with Gasteiger partial charge in [0.05, 0.1) is 17.1 Å². The molecule has 1 aromatic carbocycles. The predicted molar refractivity (Wildman–Crippen MR) is 97.9 cm³/mol. The second-order valence-corrected chi connectivity index (χ2v) is 6.61. The van der Waals surface area contributed by atoms with Crippen molar-refractivity contribution in [3.8, 4) is 0 Å². The van der Waals surface area contributed by atoms with E-state index in [2.05, 4.69) is 53.0 Å². The van der Waals surface area contributed by atoms with E-state index in [0.717, 1.165) is 42.4 Å². The first-order chi connectivity index (χ1) is 11.2. The average Bonchev–Trinajstić information content (AvgIpc) is 3.23. The largest absolute Gasteiger partial charge is 0.325 e. The standard InChI is InChI=1S/C18H24N4S/c1-3-21(4-2)11-12-22-15-9-6-5-8-14(15)20-18(22)17(19)16-10-7-13-23-16/h5-10,13,17H,3-4,11-12,19H2,1-2H3. The third-order valence-electron chi connectivity index (χ3n) is 4.35. The van der Waals surface area contributed by atoms with Gasteiger partial charge in [0.2, 0.25) is 0 Å². The molecule has 3 aromatic rings. The van der Waals surface area contributed by atoms with Crippen molar-refractivity contribution < 1.29 is 0 Å². The second kappa shape index (κ2) is 7.25. The number of nitrogens with zero attached hydrogens (tertiary/aromatic N) is 3. The summed E-state index contributed by atoms with van der Waals surface area (Å²) < 4.78 is 2.29. The molecular formula is C18H24N4S. The minimum atomic E-state index is -0.167. The van der Waals surface area contributed by atoms with E-state index in [9.17, 15) is 0 Å². The number of para-hydroxylation sites is 2. The van der Waals surface area contributed by atoms with Crippen LogP contribution in [-0.4, -0.2) is 34.1 Å². The number of aromatic nitrogens is 2. The topological polar surface area (TPSA) is 47.1 Å². The van der Waals surface area contributed by atoms with Gasteiger partial charge in [-0.3, -0.25) is 0 Å². The van der Waals surface area contributed by atoms with Gasteiger partial charge in [0.25, 0.3) is 0 Å². The van der Waals surface area contributed by atoms with Gasteiger partial charge < -0.3 is 15.2 Å². The molecule has 0 bridgehead atoms. The molecule has 0 radical (unpaired) electrons. The van der Waals surface area contributed by atoms with Gasteiger partial charge in [-0.25, -0.2) is 4.98 Å². The fourth-order valence-electron chi connectivity index (χ4n) is 2.94. The summed E-state index contributed by atoms with van der Waals surface area (Å²) in [6, 6.07) is 12.3. The Labute approximate surface area is 141 Å². The SMILES string of the molecule is CCN(CC)CCn1c(C(N)c2cccs2)nc2ccccc21. The zero-order valence-electron chi connectivity index (χ0n) is 13.8. The molecule has 2 heterocycles. The lowest BCUT2D eigenvalue weighted by atomic mass is 10.2. The van der Waals surface area contributed by atoms with Crippen molar-refractivity contribution in [2.75, 3.05) is 19.6 Å². The Kier molecular flexibility index (Phi) is 5.10. The normalized spacial score (nSPS) is 13.0. The van der Waals surface area contributed by atoms with Gasteiger partial charge in [0.15, 0.2) is 0 Å². The number of nitrogens with two attached hydrogens (primary N) is 1. The van der Waals surface area contributed by atoms with Gasteiger partial charge >= 0.3 is 0 Å². The lowest BCUT2D eigenvalue weighted by molar-refractivity contribution is 0.290. The third-order valence-corrected chi connectivity index (χ3v) is 5.30. The highest BCUT2D eigenvalue weighted by molar-refractivity contribution is 7.10. The Morgan fingerprint density at radius 2 is 1.96 bits per heavy atom. The number of hydrogen-bond donors (Lipinski definition) is 1. The van der Waals surface area contributed by atoms with Crippen molar-refractivity contribution in [1.82, 2.24) is 14.5 Å². The molecule has 0 spiro atoms. The minimum absolute atomic E-state index is 0.167. The van der Waals surface area contributed by atoms with E-state index in [4.69, 9.17) is 10.7 Å². The van der Waals surface area contributed by atoms with Crippen LogP contribution in [0.1, 0.15) is 30.6 Å². The monoisotopic (exact) mass is 328 g/mol. The van der Waals surface area contributed by atoms with Crippen LogP contribution in [0.15, 0.2) is 41.8 Å². The molecule has 0 saturated heterocycles. The quantitative estimate of drug-likeness (QED) is 0.722. The average molecular weight is 328 g/mol. The highest BCUT2D eigenvalue weighted by atomic mass is 32.1. The molecule has 5 heteroatoms. The van der Waals surface area contributed by atoms with Crippen molar-refractivity contribution in [2.45, 2.75) is 26.4 Å². The first kappa shape index (κ1) is 16.2. The molecule has 0 aliphatic carbocycles. The van der Waals surface area contributed by atoms with Crippen LogP contribution < -0.4 is 5.73 Å². The van der Waals surface area contributed by atoms with Crippen molar-refractivity contribution >= 4 is 22.4 Å². The van der Waals surface area contributed by atoms with Gasteiger partial charge in [0.1, 0.15) is 5.82 Å². The van der Waals surface area contributed by atoms with Crippen molar-refractivity contribution in [3.63, 3.8) is 0 Å². The maximum absolute atomic E-state index is 6.51. The van der Waals surface area contributed by atoms with E-state index < -0.39 is 0 Å². The Hall–Kier alpha value is -1.69. The summed E-state index contributed by atoms with van der Waals surface area (Å²) in [5.41, 5.74) is 8.70. The first-order valence-corrected chi connectivity index (χ1v) is 9.09. The number of imidazole rings is 1. The number of thiophene rings is 1. The van der Waals surface area contributed by atoms with Crippen LogP contribution in [0, 0.1) is 0 Å². The van der Waals surface area contributed by atoms with Gasteiger partial charge in [-0.1, -0.05) is 32.0 Å². The van der Waals surface area contributed by atoms with Crippen molar-refractivity contribution in [3.05, 3.63) is 52.5 Å². The maximum Gasteiger partial charge on any atom is 0.132 e. The van der Waals surface area contributed by atoms with E-state index in [1.807, 2.05) is 12.1 Å². The number of benzene rings is 1. The number of rotatable bonds is 7. The maximum atomic E-state index is 6.51. The van der Waals surface area contributed by atoms with Crippen LogP contribution in [0.2, 0.25) is 0 Å². The molecule has 0 amide bonds. The smallest absolute Gasteiger partial charge is 0.132 e. The number of fused-ring (bicyclic) bond motifs is 1. The van der Waals surface area contributed by atoms with E-state index in [1.165, 1.54) is 5.52 Å². The molecule has 1 unspecified atom stereocenters. The Morgan fingerprint density at radius 3 is 2.65 bits per heavy atom. The number of hydrogen-bond acceptors (Lipinski definition) is 4. The summed E-state index contributed by atoms with van der Waals surface area (Å²) in [6.07, 6.45) is 0. The first-order valence-electron chi connectivity index (χ1n) is 8.21. The molecule has 2 N–H and O–H groups in total. The highest BCUT2D eigenvalue weighted by Crippen LogP contribution is 2.26. The van der Waals surface area contributed by atoms with E-state index in [-0.39, 0.29) is 6.04 Å². The van der Waals surface area contributed by atoms with Crippen LogP contribution >= 0.6 is 11.3 Å². The molecule has 4 nitrogen and oxygen atoms in total. The fourth-order valence-corrected chi connectivity index (χ4v) is 3.67. The molecule has 0 aliphatic heterocycles. The van der Waals surface area contributed by atoms with E-state index in [1.54, 1.807) is 11.3 Å². The predicted octanol–water partition coefficient (Wildman–Crippen LogP) is 3.49. The van der Waals surface area contributed by atoms with Crippen molar-refractivity contribution in [2.24, 2.45) is 5.73 Å². The zero-order chi connectivity index (χ0) is 16.2. The van der Waals surface area contributed by atoms with E-state index in [0.29, 0.717) is 0 Å². The van der Waals surface area contributed by atoms with Crippen LogP contribution in [0.5, 0.6) is 0 Å². The summed E-state index contributed by atoms with van der Waals surface area (Å²) in [5, 5.41) is 2.07. The molecule has 122 valence electrons. The van der Waals surface area contributed by atoms with Crippen LogP contribution in [0.25, 0.3) is 11.0 Å². The summed E-state index contributed by atoms with van der Waals surface area (Å²) in [5.74, 6) is 0.959. The van der Waals surface area contributed by atoms with Gasteiger partial charge in [-0.05, 0) is 36.7 Å². The van der Waals surface area contributed by atoms with E-state index >= 15 is 0 Å². The summed E-state index contributed by atoms with van der Waals surface area (Å²) >= 11 is 1.69. The van der Waals surface area contributed by atoms with Gasteiger partial charge in [-0.15, -0.1) is 11.3 Å². The van der Waals surface area contributed by atoms with Crippen LogP contribution in [-0.2, 0) is 6.54 Å². The van der Waals surface area contributed by atoms with Crippen LogP contribution in [0.4, 0.5) is 0 Å². The fraction of sp³-hybridized carbons (Fsp3) is 0.389. The summed E-state index contributed by atoms with van der Waals surface area (Å²) in [7, 11) is 0. The summed E-state index contributed by atoms with van der Waals surface area (Å²) in [6.45, 7) is 8.46. The molecule has 0 aliphatic rings. The second-order valence-electron chi connectivity index (χ2n) is 5.63. The van der Waals surface area contributed by atoms with Crippen LogP contribution in [0.3, 0.4) is 0 Å². The zero-order valence-corrected chi connectivity index (χ0v) is 14.6. The molecule has 2 aromatic heterocycles. The lowest BCUT2D eigenvalue weighted by Crippen LogP contribution is -2.28. The molecule has 1 atom stereocenters. The highest BCUT2D eigenvalue weighted by Gasteiger charge is 2.19. The third kappa shape index (κ3) is 3.32. The molecule has 23 heavy (non-hydrogen) atoms. The number of likely N-dealkylation sites (N-methyl/N-ethyl adjacent to an activating group) is 1. The Morgan fingerprint density at radius 1 is 1.17 bits per heavy atom. The minimum Gasteiger partial charge on any atom is -0.325 e. The summed E-state index contributed by atoms with van der Waals surface area (Å²) in [4.78, 5) is 8.41. The molecular weight excluding hydrogens is 304 g/mol. The Bertz CT molecular complexity index is 744. The van der Waals surface area contributed by atoms with Gasteiger partial charge in [0, 0.05) is 18.0 Å².